The average Bonchev–Trinajstić information content (AvgIpc) is 2.44. The largest absolute Gasteiger partial charge is 0.478 e. The number of hydrogen-bond acceptors (Lipinski definition) is 3. The molecule has 1 heterocycles. The minimum absolute atomic E-state index is 0.270. The second-order valence-corrected chi connectivity index (χ2v) is 4.54. The van der Waals surface area contributed by atoms with Crippen LogP contribution < -0.4 is 0 Å². The summed E-state index contributed by atoms with van der Waals surface area (Å²) in [5.74, 6) is -0.941. The van der Waals surface area contributed by atoms with Crippen molar-refractivity contribution in [2.24, 2.45) is 0 Å². The van der Waals surface area contributed by atoms with E-state index in [9.17, 15) is 4.79 Å². The molecule has 0 aromatic heterocycles. The molecule has 1 aliphatic heterocycles. The van der Waals surface area contributed by atoms with Crippen LogP contribution in [0.15, 0.2) is 30.3 Å². The predicted octanol–water partition coefficient (Wildman–Crippen LogP) is 2.48. The van der Waals surface area contributed by atoms with Crippen LogP contribution in [0.2, 0.25) is 0 Å². The molecule has 0 radical (unpaired) electrons. The van der Waals surface area contributed by atoms with E-state index in [0.717, 1.165) is 43.3 Å². The molecule has 1 N–H and O–H groups in total. The van der Waals surface area contributed by atoms with Crippen molar-refractivity contribution in [2.45, 2.75) is 25.6 Å². The van der Waals surface area contributed by atoms with E-state index in [4.69, 9.17) is 14.6 Å². The van der Waals surface area contributed by atoms with Gasteiger partial charge in [0.05, 0.1) is 12.7 Å². The number of hydrogen-bond donors (Lipinski definition) is 1. The maximum Gasteiger partial charge on any atom is 0.328 e. The number of ether oxygens (including phenoxy) is 2. The summed E-state index contributed by atoms with van der Waals surface area (Å²) in [6.45, 7) is 2.09. The van der Waals surface area contributed by atoms with Gasteiger partial charge in [-0.2, -0.15) is 0 Å². The molecule has 1 aromatic carbocycles. The van der Waals surface area contributed by atoms with E-state index in [2.05, 4.69) is 0 Å². The number of benzene rings is 1. The third kappa shape index (κ3) is 4.85. The zero-order chi connectivity index (χ0) is 13.5. The third-order valence-corrected chi connectivity index (χ3v) is 3.02. The Kier molecular flexibility index (Phi) is 5.12. The molecule has 0 atom stereocenters. The quantitative estimate of drug-likeness (QED) is 0.828. The molecule has 0 unspecified atom stereocenters. The van der Waals surface area contributed by atoms with Gasteiger partial charge in [-0.3, -0.25) is 0 Å². The molecule has 1 saturated heterocycles. The zero-order valence-electron chi connectivity index (χ0n) is 10.7. The Morgan fingerprint density at radius 1 is 1.42 bits per heavy atom. The normalized spacial score (nSPS) is 16.8. The lowest BCUT2D eigenvalue weighted by Crippen LogP contribution is -2.23. The fourth-order valence-corrected chi connectivity index (χ4v) is 2.01. The zero-order valence-corrected chi connectivity index (χ0v) is 10.7. The highest BCUT2D eigenvalue weighted by Gasteiger charge is 2.13. The molecule has 1 aromatic rings. The third-order valence-electron chi connectivity index (χ3n) is 3.02. The summed E-state index contributed by atoms with van der Waals surface area (Å²) < 4.78 is 11.1. The van der Waals surface area contributed by atoms with Crippen LogP contribution in [0.4, 0.5) is 0 Å². The summed E-state index contributed by atoms with van der Waals surface area (Å²) in [4.78, 5) is 10.5. The first-order chi connectivity index (χ1) is 9.24. The van der Waals surface area contributed by atoms with Gasteiger partial charge in [-0.25, -0.2) is 4.79 Å². The van der Waals surface area contributed by atoms with Crippen LogP contribution in [0, 0.1) is 0 Å². The van der Waals surface area contributed by atoms with Crippen molar-refractivity contribution < 1.29 is 19.4 Å². The van der Waals surface area contributed by atoms with Crippen molar-refractivity contribution in [3.05, 3.63) is 41.5 Å². The second-order valence-electron chi connectivity index (χ2n) is 4.54. The van der Waals surface area contributed by atoms with E-state index >= 15 is 0 Å². The molecule has 0 bridgehead atoms. The number of rotatable bonds is 5. The van der Waals surface area contributed by atoms with Gasteiger partial charge in [-0.15, -0.1) is 0 Å². The van der Waals surface area contributed by atoms with E-state index in [0.29, 0.717) is 6.61 Å². The van der Waals surface area contributed by atoms with Gasteiger partial charge in [-0.05, 0) is 36.1 Å². The van der Waals surface area contributed by atoms with Gasteiger partial charge < -0.3 is 14.6 Å². The molecule has 2 rings (SSSR count). The van der Waals surface area contributed by atoms with E-state index in [-0.39, 0.29) is 6.10 Å². The predicted molar refractivity (Wildman–Crippen MR) is 71.7 cm³/mol. The van der Waals surface area contributed by atoms with Gasteiger partial charge >= 0.3 is 5.97 Å². The van der Waals surface area contributed by atoms with Gasteiger partial charge in [0.15, 0.2) is 0 Å². The van der Waals surface area contributed by atoms with Gasteiger partial charge in [0.25, 0.3) is 0 Å². The van der Waals surface area contributed by atoms with E-state index in [1.807, 2.05) is 24.3 Å². The van der Waals surface area contributed by atoms with Crippen molar-refractivity contribution in [3.63, 3.8) is 0 Å². The summed E-state index contributed by atoms with van der Waals surface area (Å²) in [5.41, 5.74) is 1.93. The van der Waals surface area contributed by atoms with Crippen molar-refractivity contribution in [2.75, 3.05) is 13.2 Å². The minimum atomic E-state index is -0.941. The van der Waals surface area contributed by atoms with Gasteiger partial charge in [0, 0.05) is 19.3 Å². The summed E-state index contributed by atoms with van der Waals surface area (Å²) in [5, 5.41) is 8.59. The molecular weight excluding hydrogens is 244 g/mol. The average molecular weight is 262 g/mol. The van der Waals surface area contributed by atoms with Crippen LogP contribution in [-0.2, 0) is 20.9 Å². The van der Waals surface area contributed by atoms with Crippen molar-refractivity contribution in [1.82, 2.24) is 0 Å². The molecule has 0 spiro atoms. The molecular formula is C15H18O4. The van der Waals surface area contributed by atoms with Crippen LogP contribution in [0.1, 0.15) is 24.0 Å². The Hall–Kier alpha value is -1.65. The molecule has 102 valence electrons. The summed E-state index contributed by atoms with van der Waals surface area (Å²) in [6.07, 6.45) is 4.88. The highest BCUT2D eigenvalue weighted by Crippen LogP contribution is 2.14. The SMILES string of the molecule is O=C(O)C=Cc1cccc(COC2CCOCC2)c1. The molecule has 19 heavy (non-hydrogen) atoms. The summed E-state index contributed by atoms with van der Waals surface area (Å²) >= 11 is 0. The van der Waals surface area contributed by atoms with Crippen molar-refractivity contribution in [1.29, 1.82) is 0 Å². The lowest BCUT2D eigenvalue weighted by molar-refractivity contribution is -0.131. The molecule has 0 amide bonds. The van der Waals surface area contributed by atoms with Crippen LogP contribution in [0.25, 0.3) is 6.08 Å². The number of carboxylic acids is 1. The smallest absolute Gasteiger partial charge is 0.328 e. The number of carboxylic acid groups (broad SMARTS) is 1. The summed E-state index contributed by atoms with van der Waals surface area (Å²) in [7, 11) is 0. The maximum atomic E-state index is 10.5. The Balaban J connectivity index is 1.89. The summed E-state index contributed by atoms with van der Waals surface area (Å²) in [6, 6.07) is 7.71. The minimum Gasteiger partial charge on any atom is -0.478 e. The lowest BCUT2D eigenvalue weighted by Gasteiger charge is -2.22. The Morgan fingerprint density at radius 2 is 2.21 bits per heavy atom. The molecule has 4 heteroatoms. The highest BCUT2D eigenvalue weighted by molar-refractivity contribution is 5.85. The highest BCUT2D eigenvalue weighted by atomic mass is 16.5. The lowest BCUT2D eigenvalue weighted by atomic mass is 10.1. The van der Waals surface area contributed by atoms with Gasteiger partial charge in [-0.1, -0.05) is 18.2 Å². The Bertz CT molecular complexity index is 447. The van der Waals surface area contributed by atoms with Crippen LogP contribution in [0.5, 0.6) is 0 Å². The van der Waals surface area contributed by atoms with Crippen molar-refractivity contribution >= 4 is 12.0 Å². The van der Waals surface area contributed by atoms with Crippen LogP contribution in [0.3, 0.4) is 0 Å². The van der Waals surface area contributed by atoms with E-state index in [1.54, 1.807) is 6.08 Å². The molecule has 1 fully saturated rings. The van der Waals surface area contributed by atoms with E-state index in [1.165, 1.54) is 0 Å². The number of carbonyl (C=O) groups is 1. The Labute approximate surface area is 112 Å². The monoisotopic (exact) mass is 262 g/mol. The number of aliphatic carboxylic acids is 1. The van der Waals surface area contributed by atoms with Crippen LogP contribution >= 0.6 is 0 Å². The van der Waals surface area contributed by atoms with Crippen LogP contribution in [-0.4, -0.2) is 30.4 Å². The standard InChI is InChI=1S/C15H18O4/c16-15(17)5-4-12-2-1-3-13(10-12)11-19-14-6-8-18-9-7-14/h1-5,10,14H,6-9,11H2,(H,16,17). The molecule has 0 saturated carbocycles. The second kappa shape index (κ2) is 7.07. The van der Waals surface area contributed by atoms with Gasteiger partial charge in [0.1, 0.15) is 0 Å². The topological polar surface area (TPSA) is 55.8 Å². The molecule has 0 aliphatic carbocycles. The fourth-order valence-electron chi connectivity index (χ4n) is 2.01. The first kappa shape index (κ1) is 13.8. The first-order valence-corrected chi connectivity index (χ1v) is 6.43. The van der Waals surface area contributed by atoms with Gasteiger partial charge in [0.2, 0.25) is 0 Å². The molecule has 1 aliphatic rings. The first-order valence-electron chi connectivity index (χ1n) is 6.43. The fraction of sp³-hybridized carbons (Fsp3) is 0.400. The molecule has 4 nitrogen and oxygen atoms in total. The Morgan fingerprint density at radius 3 is 2.95 bits per heavy atom. The van der Waals surface area contributed by atoms with E-state index < -0.39 is 5.97 Å². The van der Waals surface area contributed by atoms with Crippen molar-refractivity contribution in [3.8, 4) is 0 Å². The maximum absolute atomic E-state index is 10.5.